The van der Waals surface area contributed by atoms with Gasteiger partial charge in [0.25, 0.3) is 0 Å². The van der Waals surface area contributed by atoms with Crippen molar-refractivity contribution in [3.63, 3.8) is 0 Å². The van der Waals surface area contributed by atoms with Gasteiger partial charge in [0.1, 0.15) is 0 Å². The van der Waals surface area contributed by atoms with Gasteiger partial charge >= 0.3 is 0 Å². The molecular formula is C24H39NO. The van der Waals surface area contributed by atoms with E-state index in [0.717, 1.165) is 31.8 Å². The van der Waals surface area contributed by atoms with Gasteiger partial charge in [0.15, 0.2) is 0 Å². The van der Waals surface area contributed by atoms with Crippen molar-refractivity contribution in [2.24, 2.45) is 11.3 Å². The van der Waals surface area contributed by atoms with E-state index < -0.39 is 0 Å². The van der Waals surface area contributed by atoms with Crippen molar-refractivity contribution in [2.45, 2.75) is 84.0 Å². The predicted molar refractivity (Wildman–Crippen MR) is 111 cm³/mol. The van der Waals surface area contributed by atoms with Crippen LogP contribution in [-0.4, -0.2) is 24.8 Å². The first-order chi connectivity index (χ1) is 12.4. The SMILES string of the molecule is CC(C)c1ccc2c(c1)CCC1C(C)(CNCCCCO)CCCC21C. The van der Waals surface area contributed by atoms with Crippen molar-refractivity contribution < 1.29 is 5.11 Å². The van der Waals surface area contributed by atoms with Crippen molar-refractivity contribution in [2.75, 3.05) is 19.7 Å². The maximum absolute atomic E-state index is 8.97. The maximum atomic E-state index is 8.97. The molecule has 26 heavy (non-hydrogen) atoms. The first-order valence-corrected chi connectivity index (χ1v) is 10.9. The smallest absolute Gasteiger partial charge is 0.0431 e. The lowest BCUT2D eigenvalue weighted by atomic mass is 9.49. The zero-order valence-electron chi connectivity index (χ0n) is 17.4. The monoisotopic (exact) mass is 357 g/mol. The Morgan fingerprint density at radius 3 is 2.73 bits per heavy atom. The van der Waals surface area contributed by atoms with Crippen LogP contribution in [0.15, 0.2) is 18.2 Å². The third-order valence-corrected chi connectivity index (χ3v) is 7.46. The molecule has 1 aromatic carbocycles. The molecular weight excluding hydrogens is 318 g/mol. The van der Waals surface area contributed by atoms with E-state index in [4.69, 9.17) is 5.11 Å². The molecule has 3 unspecified atom stereocenters. The number of nitrogens with one attached hydrogen (secondary N) is 1. The van der Waals surface area contributed by atoms with E-state index in [-0.39, 0.29) is 0 Å². The normalized spacial score (nSPS) is 30.9. The minimum Gasteiger partial charge on any atom is -0.396 e. The summed E-state index contributed by atoms with van der Waals surface area (Å²) in [6, 6.07) is 7.36. The van der Waals surface area contributed by atoms with Gasteiger partial charge in [0.05, 0.1) is 0 Å². The maximum Gasteiger partial charge on any atom is 0.0431 e. The van der Waals surface area contributed by atoms with Crippen LogP contribution in [0, 0.1) is 11.3 Å². The Morgan fingerprint density at radius 2 is 2.00 bits per heavy atom. The van der Waals surface area contributed by atoms with Gasteiger partial charge in [-0.15, -0.1) is 0 Å². The topological polar surface area (TPSA) is 32.3 Å². The van der Waals surface area contributed by atoms with Gasteiger partial charge in [-0.25, -0.2) is 0 Å². The van der Waals surface area contributed by atoms with Crippen LogP contribution in [0.3, 0.4) is 0 Å². The molecule has 0 aliphatic heterocycles. The molecule has 0 saturated heterocycles. The van der Waals surface area contributed by atoms with Crippen molar-refractivity contribution in [1.29, 1.82) is 0 Å². The van der Waals surface area contributed by atoms with E-state index in [2.05, 4.69) is 51.2 Å². The summed E-state index contributed by atoms with van der Waals surface area (Å²) in [7, 11) is 0. The second-order valence-corrected chi connectivity index (χ2v) is 9.70. The standard InChI is InChI=1S/C24H39NO/c1-18(2)19-8-10-21-20(16-19)9-11-22-23(3,12-7-13-24(21,22)4)17-25-14-5-6-15-26/h8,10,16,18,22,25-26H,5-7,9,11-15,17H2,1-4H3. The molecule has 0 aromatic heterocycles. The predicted octanol–water partition coefficient (Wildman–Crippen LogP) is 5.18. The van der Waals surface area contributed by atoms with E-state index >= 15 is 0 Å². The van der Waals surface area contributed by atoms with Crippen molar-refractivity contribution in [3.8, 4) is 0 Å². The van der Waals surface area contributed by atoms with Crippen LogP contribution >= 0.6 is 0 Å². The summed E-state index contributed by atoms with van der Waals surface area (Å²) in [4.78, 5) is 0. The number of fused-ring (bicyclic) bond motifs is 3. The molecule has 2 N–H and O–H groups in total. The minimum atomic E-state index is 0.314. The molecule has 2 aliphatic rings. The van der Waals surface area contributed by atoms with Crippen molar-refractivity contribution in [3.05, 3.63) is 34.9 Å². The number of rotatable bonds is 7. The molecule has 1 fully saturated rings. The number of aliphatic hydroxyl groups excluding tert-OH is 1. The number of hydrogen-bond acceptors (Lipinski definition) is 2. The highest BCUT2D eigenvalue weighted by molar-refractivity contribution is 5.42. The van der Waals surface area contributed by atoms with Crippen molar-refractivity contribution in [1.82, 2.24) is 5.32 Å². The highest BCUT2D eigenvalue weighted by Gasteiger charge is 2.51. The molecule has 3 rings (SSSR count). The number of unbranched alkanes of at least 4 members (excludes halogenated alkanes) is 1. The van der Waals surface area contributed by atoms with E-state index in [0.29, 0.717) is 23.4 Å². The Balaban J connectivity index is 1.79. The Hall–Kier alpha value is -0.860. The molecule has 1 saturated carbocycles. The zero-order chi connectivity index (χ0) is 18.8. The molecule has 1 aromatic rings. The number of hydrogen-bond donors (Lipinski definition) is 2. The molecule has 3 atom stereocenters. The zero-order valence-corrected chi connectivity index (χ0v) is 17.4. The van der Waals surface area contributed by atoms with E-state index in [1.54, 1.807) is 11.1 Å². The molecule has 0 spiro atoms. The lowest BCUT2D eigenvalue weighted by Gasteiger charge is -2.55. The van der Waals surface area contributed by atoms with Crippen LogP contribution in [-0.2, 0) is 11.8 Å². The highest BCUT2D eigenvalue weighted by atomic mass is 16.2. The fourth-order valence-corrected chi connectivity index (χ4v) is 5.95. The summed E-state index contributed by atoms with van der Waals surface area (Å²) in [5, 5.41) is 12.7. The largest absolute Gasteiger partial charge is 0.396 e. The lowest BCUT2D eigenvalue weighted by molar-refractivity contribution is 0.0259. The van der Waals surface area contributed by atoms with Gasteiger partial charge in [-0.3, -0.25) is 0 Å². The van der Waals surface area contributed by atoms with Gasteiger partial charge < -0.3 is 10.4 Å². The fourth-order valence-electron chi connectivity index (χ4n) is 5.95. The van der Waals surface area contributed by atoms with E-state index in [9.17, 15) is 0 Å². The second kappa shape index (κ2) is 8.02. The summed E-state index contributed by atoms with van der Waals surface area (Å²) >= 11 is 0. The van der Waals surface area contributed by atoms with Gasteiger partial charge in [0, 0.05) is 13.2 Å². The number of aryl methyl sites for hydroxylation is 1. The summed E-state index contributed by atoms with van der Waals surface area (Å²) in [6.07, 6.45) is 8.60. The second-order valence-electron chi connectivity index (χ2n) is 9.70. The third-order valence-electron chi connectivity index (χ3n) is 7.46. The average Bonchev–Trinajstić information content (AvgIpc) is 2.61. The fraction of sp³-hybridized carbons (Fsp3) is 0.750. The Bertz CT molecular complexity index is 610. The molecule has 0 heterocycles. The Morgan fingerprint density at radius 1 is 1.19 bits per heavy atom. The first-order valence-electron chi connectivity index (χ1n) is 10.9. The summed E-state index contributed by atoms with van der Waals surface area (Å²) in [6.45, 7) is 12.2. The molecule has 2 aliphatic carbocycles. The van der Waals surface area contributed by atoms with E-state index in [1.807, 2.05) is 0 Å². The summed E-state index contributed by atoms with van der Waals surface area (Å²) in [5.74, 6) is 1.39. The van der Waals surface area contributed by atoms with Crippen LogP contribution in [0.4, 0.5) is 0 Å². The Labute approximate surface area is 160 Å². The Kier molecular flexibility index (Phi) is 6.14. The van der Waals surface area contributed by atoms with Crippen molar-refractivity contribution >= 4 is 0 Å². The molecule has 2 heteroatoms. The van der Waals surface area contributed by atoms with E-state index in [1.165, 1.54) is 37.7 Å². The average molecular weight is 358 g/mol. The van der Waals surface area contributed by atoms with Crippen LogP contribution < -0.4 is 5.32 Å². The summed E-state index contributed by atoms with van der Waals surface area (Å²) in [5.41, 5.74) is 5.48. The molecule has 0 bridgehead atoms. The molecule has 2 nitrogen and oxygen atoms in total. The molecule has 146 valence electrons. The number of aliphatic hydroxyl groups is 1. The van der Waals surface area contributed by atoms with Crippen LogP contribution in [0.25, 0.3) is 0 Å². The number of benzene rings is 1. The lowest BCUT2D eigenvalue weighted by Crippen LogP contribution is -2.52. The first kappa shape index (κ1) is 19.9. The third kappa shape index (κ3) is 3.73. The molecule has 0 radical (unpaired) electrons. The van der Waals surface area contributed by atoms with Gasteiger partial charge in [0.2, 0.25) is 0 Å². The summed E-state index contributed by atoms with van der Waals surface area (Å²) < 4.78 is 0. The van der Waals surface area contributed by atoms with Gasteiger partial charge in [-0.1, -0.05) is 52.3 Å². The highest BCUT2D eigenvalue weighted by Crippen LogP contribution is 2.57. The molecule has 0 amide bonds. The minimum absolute atomic E-state index is 0.314. The van der Waals surface area contributed by atoms with Crippen LogP contribution in [0.2, 0.25) is 0 Å². The van der Waals surface area contributed by atoms with Crippen LogP contribution in [0.1, 0.15) is 88.8 Å². The van der Waals surface area contributed by atoms with Crippen LogP contribution in [0.5, 0.6) is 0 Å². The van der Waals surface area contributed by atoms with Gasteiger partial charge in [-0.2, -0.15) is 0 Å². The van der Waals surface area contributed by atoms with Gasteiger partial charge in [-0.05, 0) is 84.4 Å². The quantitative estimate of drug-likeness (QED) is 0.659.